The fourth-order valence-corrected chi connectivity index (χ4v) is 2.91. The van der Waals surface area contributed by atoms with Gasteiger partial charge in [0.05, 0.1) is 17.9 Å². The lowest BCUT2D eigenvalue weighted by atomic mass is 10.1. The molecule has 0 aliphatic rings. The molecule has 2 heterocycles. The SMILES string of the molecule is O=C(Nc1cccc(CO)c1)c1cn(-c2ccccc2)nc1-c1cccnc1. The maximum Gasteiger partial charge on any atom is 0.259 e. The Morgan fingerprint density at radius 3 is 2.64 bits per heavy atom. The smallest absolute Gasteiger partial charge is 0.259 e. The predicted octanol–water partition coefficient (Wildman–Crippen LogP) is 3.68. The van der Waals surface area contributed by atoms with E-state index < -0.39 is 0 Å². The Hall–Kier alpha value is -3.77. The van der Waals surface area contributed by atoms with Gasteiger partial charge in [0.2, 0.25) is 0 Å². The van der Waals surface area contributed by atoms with Gasteiger partial charge >= 0.3 is 0 Å². The second-order valence-corrected chi connectivity index (χ2v) is 6.23. The van der Waals surface area contributed by atoms with E-state index in [4.69, 9.17) is 0 Å². The number of amides is 1. The molecule has 4 rings (SSSR count). The summed E-state index contributed by atoms with van der Waals surface area (Å²) in [5.41, 5.74) is 3.94. The summed E-state index contributed by atoms with van der Waals surface area (Å²) in [7, 11) is 0. The third kappa shape index (κ3) is 3.67. The molecule has 1 amide bonds. The minimum Gasteiger partial charge on any atom is -0.392 e. The molecule has 2 N–H and O–H groups in total. The van der Waals surface area contributed by atoms with Gasteiger partial charge in [-0.05, 0) is 42.0 Å². The molecule has 0 atom stereocenters. The van der Waals surface area contributed by atoms with Crippen LogP contribution < -0.4 is 5.32 Å². The van der Waals surface area contributed by atoms with Crippen molar-refractivity contribution in [3.8, 4) is 16.9 Å². The summed E-state index contributed by atoms with van der Waals surface area (Å²) in [6.07, 6.45) is 5.07. The molecule has 2 aromatic heterocycles. The highest BCUT2D eigenvalue weighted by Crippen LogP contribution is 2.24. The summed E-state index contributed by atoms with van der Waals surface area (Å²) in [5.74, 6) is -0.281. The molecule has 6 heteroatoms. The van der Waals surface area contributed by atoms with Crippen LogP contribution in [0.15, 0.2) is 85.3 Å². The molecule has 4 aromatic rings. The van der Waals surface area contributed by atoms with Crippen molar-refractivity contribution < 1.29 is 9.90 Å². The second kappa shape index (κ2) is 7.85. The number of nitrogens with one attached hydrogen (secondary N) is 1. The van der Waals surface area contributed by atoms with Crippen LogP contribution in [0.5, 0.6) is 0 Å². The van der Waals surface area contributed by atoms with Crippen LogP contribution in [0.3, 0.4) is 0 Å². The fraction of sp³-hybridized carbons (Fsp3) is 0.0455. The Bertz CT molecular complexity index is 1090. The maximum atomic E-state index is 13.0. The van der Waals surface area contributed by atoms with Gasteiger partial charge < -0.3 is 10.4 Å². The van der Waals surface area contributed by atoms with Crippen LogP contribution in [-0.4, -0.2) is 25.8 Å². The van der Waals surface area contributed by atoms with Crippen molar-refractivity contribution in [3.05, 3.63) is 96.4 Å². The molecule has 0 fully saturated rings. The third-order valence-electron chi connectivity index (χ3n) is 4.28. The van der Waals surface area contributed by atoms with Crippen molar-refractivity contribution in [2.75, 3.05) is 5.32 Å². The van der Waals surface area contributed by atoms with E-state index in [0.29, 0.717) is 16.9 Å². The summed E-state index contributed by atoms with van der Waals surface area (Å²) >= 11 is 0. The number of anilines is 1. The molecule has 0 radical (unpaired) electrons. The number of nitrogens with zero attached hydrogens (tertiary/aromatic N) is 3. The van der Waals surface area contributed by atoms with Crippen LogP contribution in [0, 0.1) is 0 Å². The van der Waals surface area contributed by atoms with E-state index in [1.54, 1.807) is 47.5 Å². The maximum absolute atomic E-state index is 13.0. The average Bonchev–Trinajstić information content (AvgIpc) is 3.21. The van der Waals surface area contributed by atoms with Gasteiger partial charge in [0.15, 0.2) is 0 Å². The Morgan fingerprint density at radius 1 is 1.04 bits per heavy atom. The first-order valence-corrected chi connectivity index (χ1v) is 8.81. The molecule has 0 aliphatic heterocycles. The minimum absolute atomic E-state index is 0.0867. The number of rotatable bonds is 5. The molecule has 6 nitrogen and oxygen atoms in total. The Kier molecular flexibility index (Phi) is 4.95. The van der Waals surface area contributed by atoms with Crippen molar-refractivity contribution in [1.29, 1.82) is 0 Å². The topological polar surface area (TPSA) is 80.0 Å². The number of pyridine rings is 1. The Labute approximate surface area is 162 Å². The number of hydrogen-bond donors (Lipinski definition) is 2. The van der Waals surface area contributed by atoms with Crippen molar-refractivity contribution in [2.24, 2.45) is 0 Å². The highest BCUT2D eigenvalue weighted by atomic mass is 16.3. The van der Waals surface area contributed by atoms with Crippen LogP contribution in [0.25, 0.3) is 16.9 Å². The number of carbonyl (C=O) groups excluding carboxylic acids is 1. The van der Waals surface area contributed by atoms with Gasteiger partial charge in [-0.25, -0.2) is 4.68 Å². The molecule has 0 unspecified atom stereocenters. The fourth-order valence-electron chi connectivity index (χ4n) is 2.91. The van der Waals surface area contributed by atoms with Crippen molar-refractivity contribution in [2.45, 2.75) is 6.61 Å². The minimum atomic E-state index is -0.281. The summed E-state index contributed by atoms with van der Waals surface area (Å²) in [4.78, 5) is 17.1. The number of hydrogen-bond acceptors (Lipinski definition) is 4. The first-order valence-electron chi connectivity index (χ1n) is 8.81. The summed E-state index contributed by atoms with van der Waals surface area (Å²) in [6, 6.07) is 20.4. The van der Waals surface area contributed by atoms with E-state index >= 15 is 0 Å². The summed E-state index contributed by atoms with van der Waals surface area (Å²) in [5, 5.41) is 16.8. The van der Waals surface area contributed by atoms with Gasteiger partial charge in [0.25, 0.3) is 5.91 Å². The number of carbonyl (C=O) groups is 1. The number of aliphatic hydroxyl groups excluding tert-OH is 1. The molecule has 0 saturated heterocycles. The van der Waals surface area contributed by atoms with Gasteiger partial charge in [0, 0.05) is 29.8 Å². The number of aromatic nitrogens is 3. The van der Waals surface area contributed by atoms with E-state index in [2.05, 4.69) is 15.4 Å². The van der Waals surface area contributed by atoms with E-state index in [0.717, 1.165) is 16.8 Å². The Balaban J connectivity index is 1.74. The molecular formula is C22H18N4O2. The zero-order valence-corrected chi connectivity index (χ0v) is 15.0. The average molecular weight is 370 g/mol. The van der Waals surface area contributed by atoms with Crippen LogP contribution in [0.4, 0.5) is 5.69 Å². The monoisotopic (exact) mass is 370 g/mol. The number of aliphatic hydroxyl groups is 1. The Morgan fingerprint density at radius 2 is 1.89 bits per heavy atom. The first kappa shape index (κ1) is 17.6. The first-order chi connectivity index (χ1) is 13.7. The molecular weight excluding hydrogens is 352 g/mol. The van der Waals surface area contributed by atoms with E-state index in [-0.39, 0.29) is 12.5 Å². The largest absolute Gasteiger partial charge is 0.392 e. The molecule has 0 aliphatic carbocycles. The normalized spacial score (nSPS) is 10.6. The predicted molar refractivity (Wildman–Crippen MR) is 107 cm³/mol. The molecule has 0 spiro atoms. The second-order valence-electron chi connectivity index (χ2n) is 6.23. The molecule has 138 valence electrons. The lowest BCUT2D eigenvalue weighted by Gasteiger charge is -2.06. The standard InChI is InChI=1S/C22H18N4O2/c27-15-16-6-4-8-18(12-16)24-22(28)20-14-26(19-9-2-1-3-10-19)25-21(20)17-7-5-11-23-13-17/h1-14,27H,15H2,(H,24,28). The highest BCUT2D eigenvalue weighted by molar-refractivity contribution is 6.08. The molecule has 0 bridgehead atoms. The highest BCUT2D eigenvalue weighted by Gasteiger charge is 2.19. The van der Waals surface area contributed by atoms with Crippen LogP contribution >= 0.6 is 0 Å². The van der Waals surface area contributed by atoms with Gasteiger partial charge in [0.1, 0.15) is 5.69 Å². The van der Waals surface area contributed by atoms with E-state index in [1.807, 2.05) is 42.5 Å². The molecule has 2 aromatic carbocycles. The summed E-state index contributed by atoms with van der Waals surface area (Å²) in [6.45, 7) is -0.0867. The lowest BCUT2D eigenvalue weighted by molar-refractivity contribution is 0.102. The zero-order chi connectivity index (χ0) is 19.3. The summed E-state index contributed by atoms with van der Waals surface area (Å²) < 4.78 is 1.68. The number of benzene rings is 2. The van der Waals surface area contributed by atoms with Crippen molar-refractivity contribution in [1.82, 2.24) is 14.8 Å². The number of para-hydroxylation sites is 1. The zero-order valence-electron chi connectivity index (χ0n) is 15.0. The lowest BCUT2D eigenvalue weighted by Crippen LogP contribution is -2.12. The molecule has 0 saturated carbocycles. The van der Waals surface area contributed by atoms with Crippen LogP contribution in [0.2, 0.25) is 0 Å². The van der Waals surface area contributed by atoms with E-state index in [1.165, 1.54) is 0 Å². The van der Waals surface area contributed by atoms with Crippen LogP contribution in [0.1, 0.15) is 15.9 Å². The van der Waals surface area contributed by atoms with E-state index in [9.17, 15) is 9.90 Å². The quantitative estimate of drug-likeness (QED) is 0.562. The van der Waals surface area contributed by atoms with Gasteiger partial charge in [-0.1, -0.05) is 30.3 Å². The van der Waals surface area contributed by atoms with Crippen molar-refractivity contribution in [3.63, 3.8) is 0 Å². The van der Waals surface area contributed by atoms with Crippen LogP contribution in [-0.2, 0) is 6.61 Å². The third-order valence-corrected chi connectivity index (χ3v) is 4.28. The van der Waals surface area contributed by atoms with Gasteiger partial charge in [-0.2, -0.15) is 5.10 Å². The van der Waals surface area contributed by atoms with Gasteiger partial charge in [-0.15, -0.1) is 0 Å². The van der Waals surface area contributed by atoms with Gasteiger partial charge in [-0.3, -0.25) is 9.78 Å². The van der Waals surface area contributed by atoms with Crippen molar-refractivity contribution >= 4 is 11.6 Å². The molecule has 28 heavy (non-hydrogen) atoms.